The Morgan fingerprint density at radius 1 is 1.09 bits per heavy atom. The van der Waals surface area contributed by atoms with Gasteiger partial charge in [0.05, 0.1) is 12.0 Å². The number of ether oxygens (including phenoxy) is 1. The summed E-state index contributed by atoms with van der Waals surface area (Å²) in [6.45, 7) is 6.83. The minimum atomic E-state index is -0.378. The van der Waals surface area contributed by atoms with Crippen LogP contribution in [-0.4, -0.2) is 48.9 Å². The number of amides is 3. The Hall–Kier alpha value is -3.35. The molecular weight excluding hydrogens is 406 g/mol. The summed E-state index contributed by atoms with van der Waals surface area (Å²) in [7, 11) is 0. The van der Waals surface area contributed by atoms with Gasteiger partial charge in [-0.2, -0.15) is 0 Å². The van der Waals surface area contributed by atoms with Crippen molar-refractivity contribution in [2.75, 3.05) is 26.2 Å². The molecule has 3 amide bonds. The van der Waals surface area contributed by atoms with Gasteiger partial charge in [0.2, 0.25) is 11.8 Å². The van der Waals surface area contributed by atoms with Crippen LogP contribution < -0.4 is 15.4 Å². The zero-order valence-corrected chi connectivity index (χ0v) is 18.9. The van der Waals surface area contributed by atoms with Gasteiger partial charge in [0, 0.05) is 26.1 Å². The third-order valence-electron chi connectivity index (χ3n) is 5.71. The number of nitrogens with zero attached hydrogens (tertiary/aromatic N) is 1. The van der Waals surface area contributed by atoms with Gasteiger partial charge in [-0.05, 0) is 38.0 Å². The highest BCUT2D eigenvalue weighted by Gasteiger charge is 2.36. The van der Waals surface area contributed by atoms with Gasteiger partial charge in [-0.25, -0.2) is 0 Å². The number of carbonyl (C=O) groups excluding carboxylic acids is 3. The number of nitrogens with one attached hydrogen (secondary N) is 2. The van der Waals surface area contributed by atoms with Crippen LogP contribution in [0.1, 0.15) is 36.1 Å². The fraction of sp³-hybridized carbons (Fsp3) is 0.400. The fourth-order valence-electron chi connectivity index (χ4n) is 3.88. The molecule has 1 aliphatic rings. The quantitative estimate of drug-likeness (QED) is 0.590. The van der Waals surface area contributed by atoms with E-state index in [2.05, 4.69) is 10.6 Å². The summed E-state index contributed by atoms with van der Waals surface area (Å²) in [6.07, 6.45) is 0.207. The number of carbonyl (C=O) groups is 3. The average Bonchev–Trinajstić information content (AvgIpc) is 3.17. The summed E-state index contributed by atoms with van der Waals surface area (Å²) in [5.41, 5.74) is 3.16. The number of benzene rings is 2. The molecule has 1 aliphatic heterocycles. The SMILES string of the molecule is Cc1ccc(OCC(=O)NCCNC(=O)C2CC(=O)N(C(C)c3ccccc3)C2)c(C)c1. The van der Waals surface area contributed by atoms with Crippen LogP contribution in [0.25, 0.3) is 0 Å². The van der Waals surface area contributed by atoms with Crippen LogP contribution >= 0.6 is 0 Å². The monoisotopic (exact) mass is 437 g/mol. The van der Waals surface area contributed by atoms with Gasteiger partial charge in [-0.3, -0.25) is 14.4 Å². The van der Waals surface area contributed by atoms with E-state index < -0.39 is 0 Å². The van der Waals surface area contributed by atoms with Crippen molar-refractivity contribution in [2.45, 2.75) is 33.2 Å². The number of hydrogen-bond donors (Lipinski definition) is 2. The molecule has 0 bridgehead atoms. The van der Waals surface area contributed by atoms with Gasteiger partial charge in [0.15, 0.2) is 6.61 Å². The zero-order valence-electron chi connectivity index (χ0n) is 18.9. The number of rotatable bonds is 9. The maximum Gasteiger partial charge on any atom is 0.258 e. The second-order valence-electron chi connectivity index (χ2n) is 8.23. The van der Waals surface area contributed by atoms with Crippen LogP contribution in [-0.2, 0) is 14.4 Å². The molecule has 2 aromatic rings. The molecule has 0 aromatic heterocycles. The molecule has 7 nitrogen and oxygen atoms in total. The van der Waals surface area contributed by atoms with Gasteiger partial charge in [-0.15, -0.1) is 0 Å². The van der Waals surface area contributed by atoms with Crippen LogP contribution in [0.2, 0.25) is 0 Å². The molecule has 32 heavy (non-hydrogen) atoms. The second-order valence-corrected chi connectivity index (χ2v) is 8.23. The van der Waals surface area contributed by atoms with Crippen LogP contribution in [0.3, 0.4) is 0 Å². The normalized spacial score (nSPS) is 16.5. The van der Waals surface area contributed by atoms with Crippen LogP contribution in [0.15, 0.2) is 48.5 Å². The molecule has 3 rings (SSSR count). The minimum absolute atomic E-state index is 0.0154. The highest BCUT2D eigenvalue weighted by atomic mass is 16.5. The molecule has 0 aliphatic carbocycles. The molecule has 2 aromatic carbocycles. The molecule has 2 atom stereocenters. The Balaban J connectivity index is 1.37. The molecule has 0 radical (unpaired) electrons. The number of likely N-dealkylation sites (tertiary alicyclic amines) is 1. The smallest absolute Gasteiger partial charge is 0.258 e. The molecule has 0 spiro atoms. The van der Waals surface area contributed by atoms with Crippen molar-refractivity contribution in [3.05, 3.63) is 65.2 Å². The Bertz CT molecular complexity index is 961. The molecule has 1 saturated heterocycles. The first-order chi connectivity index (χ1) is 15.3. The fourth-order valence-corrected chi connectivity index (χ4v) is 3.88. The lowest BCUT2D eigenvalue weighted by molar-refractivity contribution is -0.130. The summed E-state index contributed by atoms with van der Waals surface area (Å²) in [5.74, 6) is -0.130. The average molecular weight is 438 g/mol. The molecule has 0 saturated carbocycles. The summed E-state index contributed by atoms with van der Waals surface area (Å²) in [4.78, 5) is 38.7. The zero-order chi connectivity index (χ0) is 23.1. The van der Waals surface area contributed by atoms with E-state index in [0.717, 1.165) is 16.7 Å². The number of aryl methyl sites for hydroxylation is 2. The molecule has 170 valence electrons. The Kier molecular flexibility index (Phi) is 7.87. The molecule has 2 unspecified atom stereocenters. The van der Waals surface area contributed by atoms with E-state index >= 15 is 0 Å². The second kappa shape index (κ2) is 10.8. The lowest BCUT2D eigenvalue weighted by atomic mass is 10.1. The summed E-state index contributed by atoms with van der Waals surface area (Å²) in [5, 5.41) is 5.55. The summed E-state index contributed by atoms with van der Waals surface area (Å²) < 4.78 is 5.55. The van der Waals surface area contributed by atoms with E-state index in [1.165, 1.54) is 0 Å². The standard InChI is InChI=1S/C25H31N3O4/c1-17-9-10-22(18(2)13-17)32-16-23(29)26-11-12-27-25(31)21-14-24(30)28(15-21)19(3)20-7-5-4-6-8-20/h4-10,13,19,21H,11-12,14-16H2,1-3H3,(H,26,29)(H,27,31). The maximum atomic E-state index is 12.5. The van der Waals surface area contributed by atoms with Crippen molar-refractivity contribution in [2.24, 2.45) is 5.92 Å². The van der Waals surface area contributed by atoms with Crippen LogP contribution in [0.4, 0.5) is 0 Å². The van der Waals surface area contributed by atoms with Crippen molar-refractivity contribution in [3.63, 3.8) is 0 Å². The first-order valence-electron chi connectivity index (χ1n) is 10.9. The van der Waals surface area contributed by atoms with Gasteiger partial charge >= 0.3 is 0 Å². The third kappa shape index (κ3) is 6.09. The largest absolute Gasteiger partial charge is 0.484 e. The summed E-state index contributed by atoms with van der Waals surface area (Å²) >= 11 is 0. The topological polar surface area (TPSA) is 87.7 Å². The van der Waals surface area contributed by atoms with Crippen molar-refractivity contribution in [1.29, 1.82) is 0 Å². The van der Waals surface area contributed by atoms with Gasteiger partial charge in [0.25, 0.3) is 5.91 Å². The van der Waals surface area contributed by atoms with Gasteiger partial charge < -0.3 is 20.3 Å². The van der Waals surface area contributed by atoms with E-state index in [1.54, 1.807) is 4.90 Å². The Morgan fingerprint density at radius 3 is 2.53 bits per heavy atom. The van der Waals surface area contributed by atoms with Crippen molar-refractivity contribution in [3.8, 4) is 5.75 Å². The van der Waals surface area contributed by atoms with Gasteiger partial charge in [0.1, 0.15) is 5.75 Å². The van der Waals surface area contributed by atoms with Crippen molar-refractivity contribution in [1.82, 2.24) is 15.5 Å². The van der Waals surface area contributed by atoms with Crippen molar-refractivity contribution >= 4 is 17.7 Å². The molecule has 2 N–H and O–H groups in total. The highest BCUT2D eigenvalue weighted by molar-refractivity contribution is 5.89. The lowest BCUT2D eigenvalue weighted by Gasteiger charge is -2.25. The van der Waals surface area contributed by atoms with E-state index in [9.17, 15) is 14.4 Å². The molecule has 1 fully saturated rings. The van der Waals surface area contributed by atoms with Crippen LogP contribution in [0.5, 0.6) is 5.75 Å². The first kappa shape index (κ1) is 23.3. The van der Waals surface area contributed by atoms with E-state index in [0.29, 0.717) is 25.4 Å². The maximum absolute atomic E-state index is 12.5. The van der Waals surface area contributed by atoms with Crippen molar-refractivity contribution < 1.29 is 19.1 Å². The molecule has 7 heteroatoms. The van der Waals surface area contributed by atoms with E-state index in [1.807, 2.05) is 69.3 Å². The molecular formula is C25H31N3O4. The minimum Gasteiger partial charge on any atom is -0.484 e. The van der Waals surface area contributed by atoms with Gasteiger partial charge in [-0.1, -0.05) is 48.0 Å². The highest BCUT2D eigenvalue weighted by Crippen LogP contribution is 2.28. The number of hydrogen-bond acceptors (Lipinski definition) is 4. The Morgan fingerprint density at radius 2 is 1.81 bits per heavy atom. The molecule has 1 heterocycles. The third-order valence-corrected chi connectivity index (χ3v) is 5.71. The summed E-state index contributed by atoms with van der Waals surface area (Å²) in [6, 6.07) is 15.5. The Labute approximate surface area is 189 Å². The predicted molar refractivity (Wildman–Crippen MR) is 122 cm³/mol. The predicted octanol–water partition coefficient (Wildman–Crippen LogP) is 2.52. The van der Waals surface area contributed by atoms with E-state index in [-0.39, 0.29) is 42.7 Å². The lowest BCUT2D eigenvalue weighted by Crippen LogP contribution is -2.39. The first-order valence-corrected chi connectivity index (χ1v) is 10.9. The van der Waals surface area contributed by atoms with E-state index in [4.69, 9.17) is 4.74 Å². The van der Waals surface area contributed by atoms with Crippen LogP contribution in [0, 0.1) is 19.8 Å².